The number of amides is 3. The van der Waals surface area contributed by atoms with Gasteiger partial charge >= 0.3 is 6.03 Å². The first-order valence-electron chi connectivity index (χ1n) is 14.5. The van der Waals surface area contributed by atoms with E-state index < -0.39 is 0 Å². The molecule has 0 atom stereocenters. The Kier molecular flexibility index (Phi) is 10.3. The summed E-state index contributed by atoms with van der Waals surface area (Å²) in [4.78, 5) is 45.4. The first kappa shape index (κ1) is 30.1. The van der Waals surface area contributed by atoms with Gasteiger partial charge in [0.15, 0.2) is 5.82 Å². The first-order chi connectivity index (χ1) is 20.9. The molecule has 0 unspecified atom stereocenters. The molecule has 0 spiro atoms. The summed E-state index contributed by atoms with van der Waals surface area (Å²) in [5.74, 6) is 1.72. The summed E-state index contributed by atoms with van der Waals surface area (Å²) < 4.78 is 11.0. The first-order valence-corrected chi connectivity index (χ1v) is 14.5. The molecule has 2 fully saturated rings. The van der Waals surface area contributed by atoms with Crippen molar-refractivity contribution in [1.29, 1.82) is 0 Å². The topological polar surface area (TPSA) is 137 Å². The molecule has 2 saturated heterocycles. The van der Waals surface area contributed by atoms with Gasteiger partial charge in [-0.05, 0) is 56.1 Å². The number of hydrogen-bond acceptors (Lipinski definition) is 10. The Morgan fingerprint density at radius 1 is 0.791 bits per heavy atom. The van der Waals surface area contributed by atoms with Crippen molar-refractivity contribution < 1.29 is 19.1 Å². The number of carbonyl (C=O) groups excluding carboxylic acids is 2. The highest BCUT2D eigenvalue weighted by Gasteiger charge is 2.21. The van der Waals surface area contributed by atoms with E-state index in [0.717, 1.165) is 43.9 Å². The molecule has 43 heavy (non-hydrogen) atoms. The Morgan fingerprint density at radius 2 is 1.37 bits per heavy atom. The van der Waals surface area contributed by atoms with E-state index in [1.165, 1.54) is 0 Å². The third kappa shape index (κ3) is 8.60. The number of anilines is 3. The summed E-state index contributed by atoms with van der Waals surface area (Å²) in [6.07, 6.45) is 0. The standard InChI is InChI=1S/C30H39N9O4/c1-37(2)12-11-31-27(40)24-5-3-22(4-6-24)21-32-30(41)33-25-9-7-23(8-10-25)26-34-28(38-13-17-42-18-14-38)36-29(35-26)39-15-19-43-20-16-39/h3-10H,11-21H2,1-2H3,(H,31,40)(H2,32,33,41). The fourth-order valence-corrected chi connectivity index (χ4v) is 4.62. The van der Waals surface area contributed by atoms with Crippen molar-refractivity contribution in [3.05, 3.63) is 59.7 Å². The number of nitrogens with one attached hydrogen (secondary N) is 3. The van der Waals surface area contributed by atoms with Crippen LogP contribution in [-0.4, -0.2) is 112 Å². The van der Waals surface area contributed by atoms with E-state index in [-0.39, 0.29) is 11.9 Å². The summed E-state index contributed by atoms with van der Waals surface area (Å²) in [6, 6.07) is 14.3. The summed E-state index contributed by atoms with van der Waals surface area (Å²) >= 11 is 0. The minimum atomic E-state index is -0.331. The second-order valence-electron chi connectivity index (χ2n) is 10.6. The molecule has 0 saturated carbocycles. The fraction of sp³-hybridized carbons (Fsp3) is 0.433. The van der Waals surface area contributed by atoms with Crippen molar-refractivity contribution in [2.75, 3.05) is 94.9 Å². The molecule has 0 bridgehead atoms. The van der Waals surface area contributed by atoms with E-state index >= 15 is 0 Å². The molecule has 2 aliphatic rings. The Balaban J connectivity index is 1.18. The average molecular weight is 590 g/mol. The number of ether oxygens (including phenoxy) is 2. The van der Waals surface area contributed by atoms with E-state index in [1.807, 2.05) is 55.4 Å². The molecule has 0 radical (unpaired) electrons. The van der Waals surface area contributed by atoms with Crippen molar-refractivity contribution in [2.45, 2.75) is 6.54 Å². The van der Waals surface area contributed by atoms with Crippen LogP contribution >= 0.6 is 0 Å². The number of carbonyl (C=O) groups is 2. The maximum absolute atomic E-state index is 12.6. The summed E-state index contributed by atoms with van der Waals surface area (Å²) in [5.41, 5.74) is 2.93. The van der Waals surface area contributed by atoms with Gasteiger partial charge < -0.3 is 40.1 Å². The predicted molar refractivity (Wildman–Crippen MR) is 165 cm³/mol. The van der Waals surface area contributed by atoms with Gasteiger partial charge in [0.1, 0.15) is 0 Å². The monoisotopic (exact) mass is 589 g/mol. The Morgan fingerprint density at radius 3 is 1.93 bits per heavy atom. The van der Waals surface area contributed by atoms with Crippen LogP contribution in [0.25, 0.3) is 11.4 Å². The average Bonchev–Trinajstić information content (AvgIpc) is 3.05. The van der Waals surface area contributed by atoms with Crippen LogP contribution in [0.5, 0.6) is 0 Å². The molecule has 0 aliphatic carbocycles. The molecule has 1 aromatic heterocycles. The minimum absolute atomic E-state index is 0.116. The molecule has 13 nitrogen and oxygen atoms in total. The lowest BCUT2D eigenvalue weighted by Gasteiger charge is -2.30. The van der Waals surface area contributed by atoms with Gasteiger partial charge in [-0.15, -0.1) is 0 Å². The van der Waals surface area contributed by atoms with Crippen molar-refractivity contribution in [3.63, 3.8) is 0 Å². The van der Waals surface area contributed by atoms with E-state index in [9.17, 15) is 9.59 Å². The van der Waals surface area contributed by atoms with Gasteiger partial charge in [0.2, 0.25) is 11.9 Å². The van der Waals surface area contributed by atoms with Crippen LogP contribution in [0.2, 0.25) is 0 Å². The third-order valence-corrected chi connectivity index (χ3v) is 7.11. The molecule has 3 aromatic rings. The number of urea groups is 1. The van der Waals surface area contributed by atoms with Crippen LogP contribution in [0, 0.1) is 0 Å². The molecule has 2 aromatic carbocycles. The number of nitrogens with zero attached hydrogens (tertiary/aromatic N) is 6. The van der Waals surface area contributed by atoms with Crippen molar-refractivity contribution in [1.82, 2.24) is 30.5 Å². The van der Waals surface area contributed by atoms with Crippen LogP contribution in [0.15, 0.2) is 48.5 Å². The van der Waals surface area contributed by atoms with E-state index in [0.29, 0.717) is 68.5 Å². The van der Waals surface area contributed by atoms with Gasteiger partial charge in [0, 0.05) is 62.6 Å². The smallest absolute Gasteiger partial charge is 0.319 e. The lowest BCUT2D eigenvalue weighted by Crippen LogP contribution is -2.40. The molecule has 3 N–H and O–H groups in total. The highest BCUT2D eigenvalue weighted by molar-refractivity contribution is 5.94. The summed E-state index contributed by atoms with van der Waals surface area (Å²) in [6.45, 7) is 7.11. The number of likely N-dealkylation sites (N-methyl/N-ethyl adjacent to an activating group) is 1. The fourth-order valence-electron chi connectivity index (χ4n) is 4.62. The van der Waals surface area contributed by atoms with Crippen LogP contribution in [-0.2, 0) is 16.0 Å². The number of rotatable bonds is 10. The zero-order valence-electron chi connectivity index (χ0n) is 24.7. The molecule has 3 amide bonds. The van der Waals surface area contributed by atoms with Gasteiger partial charge in [-0.2, -0.15) is 15.0 Å². The highest BCUT2D eigenvalue weighted by Crippen LogP contribution is 2.24. The zero-order chi connectivity index (χ0) is 30.0. The maximum Gasteiger partial charge on any atom is 0.319 e. The number of morpholine rings is 2. The lowest BCUT2D eigenvalue weighted by atomic mass is 10.1. The predicted octanol–water partition coefficient (Wildman–Crippen LogP) is 1.82. The second kappa shape index (κ2) is 14.7. The second-order valence-corrected chi connectivity index (χ2v) is 10.6. The summed E-state index contributed by atoms with van der Waals surface area (Å²) in [7, 11) is 3.92. The Bertz CT molecular complexity index is 1320. The molecule has 5 rings (SSSR count). The number of benzene rings is 2. The molecule has 228 valence electrons. The van der Waals surface area contributed by atoms with Gasteiger partial charge in [-0.25, -0.2) is 4.79 Å². The van der Waals surface area contributed by atoms with Crippen LogP contribution in [0.3, 0.4) is 0 Å². The van der Waals surface area contributed by atoms with Crippen LogP contribution < -0.4 is 25.8 Å². The maximum atomic E-state index is 12.6. The van der Waals surface area contributed by atoms with Gasteiger partial charge in [-0.3, -0.25) is 4.79 Å². The normalized spacial score (nSPS) is 15.3. The van der Waals surface area contributed by atoms with Crippen molar-refractivity contribution in [2.24, 2.45) is 0 Å². The molecular formula is C30H39N9O4. The Hall–Kier alpha value is -4.33. The minimum Gasteiger partial charge on any atom is -0.378 e. The third-order valence-electron chi connectivity index (χ3n) is 7.11. The summed E-state index contributed by atoms with van der Waals surface area (Å²) in [5, 5.41) is 8.61. The number of aromatic nitrogens is 3. The van der Waals surface area contributed by atoms with Crippen molar-refractivity contribution >= 4 is 29.5 Å². The molecule has 2 aliphatic heterocycles. The van der Waals surface area contributed by atoms with E-state index in [2.05, 4.69) is 25.8 Å². The van der Waals surface area contributed by atoms with Crippen molar-refractivity contribution in [3.8, 4) is 11.4 Å². The van der Waals surface area contributed by atoms with Gasteiger partial charge in [0.05, 0.1) is 26.4 Å². The molecule has 3 heterocycles. The molecule has 13 heteroatoms. The lowest BCUT2D eigenvalue weighted by molar-refractivity contribution is 0.0951. The van der Waals surface area contributed by atoms with E-state index in [4.69, 9.17) is 24.4 Å². The van der Waals surface area contributed by atoms with Crippen LogP contribution in [0.4, 0.5) is 22.4 Å². The number of hydrogen-bond donors (Lipinski definition) is 3. The largest absolute Gasteiger partial charge is 0.378 e. The van der Waals surface area contributed by atoms with Gasteiger partial charge in [-0.1, -0.05) is 12.1 Å². The highest BCUT2D eigenvalue weighted by atomic mass is 16.5. The van der Waals surface area contributed by atoms with E-state index in [1.54, 1.807) is 12.1 Å². The van der Waals surface area contributed by atoms with Gasteiger partial charge in [0.25, 0.3) is 5.91 Å². The SMILES string of the molecule is CN(C)CCNC(=O)c1ccc(CNC(=O)Nc2ccc(-c3nc(N4CCOCC4)nc(N4CCOCC4)n3)cc2)cc1. The quantitative estimate of drug-likeness (QED) is 0.321. The zero-order valence-corrected chi connectivity index (χ0v) is 24.7. The van der Waals surface area contributed by atoms with Crippen LogP contribution in [0.1, 0.15) is 15.9 Å². The molecular weight excluding hydrogens is 550 g/mol. The Labute approximate surface area is 251 Å².